The third-order valence-electron chi connectivity index (χ3n) is 7.70. The number of carbonyl (C=O) groups excluding carboxylic acids is 1. The molecule has 6 atom stereocenters. The first-order valence-corrected chi connectivity index (χ1v) is 11.8. The molecule has 0 spiro atoms. The Kier molecular flexibility index (Phi) is 6.64. The average Bonchev–Trinajstić information content (AvgIpc) is 3.36. The molecule has 1 saturated heterocycles. The lowest BCUT2D eigenvalue weighted by atomic mass is 9.76. The maximum absolute atomic E-state index is 12.2. The highest BCUT2D eigenvalue weighted by molar-refractivity contribution is 5.85. The Morgan fingerprint density at radius 1 is 1.10 bits per heavy atom. The lowest BCUT2D eigenvalue weighted by Crippen LogP contribution is -2.37. The van der Waals surface area contributed by atoms with E-state index in [1.54, 1.807) is 6.08 Å². The fourth-order valence-corrected chi connectivity index (χ4v) is 5.45. The molecule has 3 unspecified atom stereocenters. The monoisotopic (exact) mass is 411 g/mol. The summed E-state index contributed by atoms with van der Waals surface area (Å²) in [7, 11) is 0. The first-order chi connectivity index (χ1) is 14.4. The van der Waals surface area contributed by atoms with Crippen LogP contribution in [-0.2, 0) is 14.3 Å². The van der Waals surface area contributed by atoms with Crippen molar-refractivity contribution in [2.45, 2.75) is 71.8 Å². The molecular weight excluding hydrogens is 374 g/mol. The van der Waals surface area contributed by atoms with E-state index in [1.165, 1.54) is 18.4 Å². The molecule has 0 amide bonds. The van der Waals surface area contributed by atoms with Crippen LogP contribution in [0.5, 0.6) is 0 Å². The van der Waals surface area contributed by atoms with Crippen molar-refractivity contribution in [1.82, 2.24) is 4.90 Å². The lowest BCUT2D eigenvalue weighted by molar-refractivity contribution is -0.180. The second-order valence-corrected chi connectivity index (χ2v) is 9.95. The van der Waals surface area contributed by atoms with Gasteiger partial charge in [0.15, 0.2) is 0 Å². The van der Waals surface area contributed by atoms with Crippen LogP contribution in [0.3, 0.4) is 0 Å². The zero-order chi connectivity index (χ0) is 21.3. The van der Waals surface area contributed by atoms with E-state index in [9.17, 15) is 4.79 Å². The predicted molar refractivity (Wildman–Crippen MR) is 119 cm³/mol. The molecule has 0 N–H and O–H groups in total. The molecule has 2 fully saturated rings. The van der Waals surface area contributed by atoms with Crippen molar-refractivity contribution in [2.75, 3.05) is 13.1 Å². The number of carbonyl (C=O) groups is 1. The third kappa shape index (κ3) is 4.65. The Labute approximate surface area is 181 Å². The van der Waals surface area contributed by atoms with Gasteiger partial charge in [-0.15, -0.1) is 0 Å². The molecule has 2 heterocycles. The molecular formula is C26H37NO3. The van der Waals surface area contributed by atoms with E-state index in [0.717, 1.165) is 31.5 Å². The normalized spacial score (nSPS) is 33.6. The van der Waals surface area contributed by atoms with Crippen molar-refractivity contribution in [3.63, 3.8) is 0 Å². The quantitative estimate of drug-likeness (QED) is 0.591. The summed E-state index contributed by atoms with van der Waals surface area (Å²) in [5.74, 6) is 1.97. The van der Waals surface area contributed by atoms with Crippen LogP contribution in [0, 0.1) is 23.7 Å². The van der Waals surface area contributed by atoms with Gasteiger partial charge in [-0.05, 0) is 62.5 Å². The minimum Gasteiger partial charge on any atom is -0.428 e. The number of hydrogen-bond donors (Lipinski definition) is 0. The highest BCUT2D eigenvalue weighted by atomic mass is 16.7. The number of nitrogens with zero attached hydrogens (tertiary/aromatic N) is 1. The highest BCUT2D eigenvalue weighted by Gasteiger charge is 2.40. The average molecular weight is 412 g/mol. The summed E-state index contributed by atoms with van der Waals surface area (Å²) in [6, 6.07) is 11.0. The molecule has 0 bridgehead atoms. The van der Waals surface area contributed by atoms with E-state index in [4.69, 9.17) is 9.47 Å². The molecule has 1 aromatic carbocycles. The molecule has 1 aliphatic carbocycles. The predicted octanol–water partition coefficient (Wildman–Crippen LogP) is 5.36. The van der Waals surface area contributed by atoms with Gasteiger partial charge >= 0.3 is 5.97 Å². The highest BCUT2D eigenvalue weighted by Crippen LogP contribution is 2.39. The van der Waals surface area contributed by atoms with Crippen molar-refractivity contribution in [3.05, 3.63) is 47.5 Å². The Bertz CT molecular complexity index is 759. The first-order valence-electron chi connectivity index (χ1n) is 11.8. The van der Waals surface area contributed by atoms with Crippen LogP contribution in [0.1, 0.15) is 65.0 Å². The molecule has 2 aliphatic heterocycles. The summed E-state index contributed by atoms with van der Waals surface area (Å²) in [4.78, 5) is 14.7. The van der Waals surface area contributed by atoms with Gasteiger partial charge in [-0.25, -0.2) is 4.79 Å². The maximum Gasteiger partial charge on any atom is 0.333 e. The van der Waals surface area contributed by atoms with Crippen molar-refractivity contribution in [3.8, 4) is 0 Å². The summed E-state index contributed by atoms with van der Waals surface area (Å²) in [5, 5.41) is 0. The van der Waals surface area contributed by atoms with Gasteiger partial charge in [0.25, 0.3) is 0 Å². The van der Waals surface area contributed by atoms with Crippen LogP contribution in [0.2, 0.25) is 0 Å². The molecule has 164 valence electrons. The summed E-state index contributed by atoms with van der Waals surface area (Å²) in [5.41, 5.74) is 2.40. The minimum atomic E-state index is -0.493. The Morgan fingerprint density at radius 3 is 2.60 bits per heavy atom. The van der Waals surface area contributed by atoms with Gasteiger partial charge in [0.1, 0.15) is 0 Å². The number of rotatable bonds is 6. The second kappa shape index (κ2) is 9.23. The van der Waals surface area contributed by atoms with Crippen molar-refractivity contribution < 1.29 is 14.3 Å². The van der Waals surface area contributed by atoms with Crippen LogP contribution in [0.4, 0.5) is 0 Å². The Morgan fingerprint density at radius 2 is 1.87 bits per heavy atom. The van der Waals surface area contributed by atoms with Crippen LogP contribution < -0.4 is 0 Å². The number of likely N-dealkylation sites (tertiary alicyclic amines) is 1. The van der Waals surface area contributed by atoms with Crippen molar-refractivity contribution in [2.24, 2.45) is 23.7 Å². The van der Waals surface area contributed by atoms with Crippen molar-refractivity contribution in [1.29, 1.82) is 0 Å². The molecule has 4 nitrogen and oxygen atoms in total. The van der Waals surface area contributed by atoms with Gasteiger partial charge in [-0.3, -0.25) is 4.90 Å². The minimum absolute atomic E-state index is 0.172. The molecule has 4 heteroatoms. The summed E-state index contributed by atoms with van der Waals surface area (Å²) in [6.45, 7) is 11.1. The topological polar surface area (TPSA) is 38.8 Å². The van der Waals surface area contributed by atoms with Crippen LogP contribution >= 0.6 is 0 Å². The molecule has 30 heavy (non-hydrogen) atoms. The van der Waals surface area contributed by atoms with Gasteiger partial charge in [0, 0.05) is 30.2 Å². The van der Waals surface area contributed by atoms with E-state index in [1.807, 2.05) is 0 Å². The van der Waals surface area contributed by atoms with E-state index >= 15 is 0 Å². The third-order valence-corrected chi connectivity index (χ3v) is 7.70. The SMILES string of the molecule is CC(C)C1CCC(C)C(O[C@H]2OC(=O)C=C2[C@@H]2CCN([C@H](C)c3ccccc3)C2)C1. The van der Waals surface area contributed by atoms with Crippen molar-refractivity contribution >= 4 is 5.97 Å². The molecule has 1 saturated carbocycles. The second-order valence-electron chi connectivity index (χ2n) is 9.95. The zero-order valence-corrected chi connectivity index (χ0v) is 18.9. The van der Waals surface area contributed by atoms with E-state index in [0.29, 0.717) is 29.7 Å². The van der Waals surface area contributed by atoms with Gasteiger partial charge in [-0.1, -0.05) is 51.1 Å². The number of benzene rings is 1. The van der Waals surface area contributed by atoms with E-state index < -0.39 is 6.29 Å². The number of cyclic esters (lactones) is 1. The van der Waals surface area contributed by atoms with Gasteiger partial charge in [0.05, 0.1) is 6.10 Å². The fourth-order valence-electron chi connectivity index (χ4n) is 5.45. The fraction of sp³-hybridized carbons (Fsp3) is 0.654. The molecule has 1 aromatic rings. The van der Waals surface area contributed by atoms with Crippen LogP contribution in [0.25, 0.3) is 0 Å². The van der Waals surface area contributed by atoms with Crippen LogP contribution in [-0.4, -0.2) is 36.4 Å². The summed E-state index contributed by atoms with van der Waals surface area (Å²) >= 11 is 0. The number of hydrogen-bond acceptors (Lipinski definition) is 4. The summed E-state index contributed by atoms with van der Waals surface area (Å²) in [6.07, 6.45) is 5.98. The zero-order valence-electron chi connectivity index (χ0n) is 18.9. The molecule has 3 aliphatic rings. The lowest BCUT2D eigenvalue weighted by Gasteiger charge is -2.37. The van der Waals surface area contributed by atoms with Gasteiger partial charge < -0.3 is 9.47 Å². The molecule has 4 rings (SSSR count). The van der Waals surface area contributed by atoms with E-state index in [-0.39, 0.29) is 12.1 Å². The first kappa shape index (κ1) is 21.6. The Hall–Kier alpha value is -1.65. The standard InChI is InChI=1S/C26H37NO3/c1-17(2)21-11-10-18(3)24(14-21)29-26-23(15-25(28)30-26)22-12-13-27(16-22)19(4)20-8-6-5-7-9-20/h5-9,15,17-19,21-22,24,26H,10-14,16H2,1-4H3/t18?,19-,21?,22-,24?,26+/m1/s1. The smallest absolute Gasteiger partial charge is 0.333 e. The molecule has 0 radical (unpaired) electrons. The number of ether oxygens (including phenoxy) is 2. The van der Waals surface area contributed by atoms with E-state index in [2.05, 4.69) is 62.9 Å². The summed E-state index contributed by atoms with van der Waals surface area (Å²) < 4.78 is 12.1. The maximum atomic E-state index is 12.2. The largest absolute Gasteiger partial charge is 0.428 e. The molecule has 0 aromatic heterocycles. The number of esters is 1. The van der Waals surface area contributed by atoms with Crippen LogP contribution in [0.15, 0.2) is 42.0 Å². The van der Waals surface area contributed by atoms with Gasteiger partial charge in [-0.2, -0.15) is 0 Å². The van der Waals surface area contributed by atoms with Gasteiger partial charge in [0.2, 0.25) is 6.29 Å². The Balaban J connectivity index is 1.41.